The van der Waals surface area contributed by atoms with Crippen molar-refractivity contribution < 1.29 is 27.9 Å². The van der Waals surface area contributed by atoms with Gasteiger partial charge in [0.25, 0.3) is 15.9 Å². The van der Waals surface area contributed by atoms with Crippen LogP contribution in [0.5, 0.6) is 5.75 Å². The Labute approximate surface area is 138 Å². The van der Waals surface area contributed by atoms with E-state index in [9.17, 15) is 23.1 Å². The minimum absolute atomic E-state index is 0.0311. The number of phenolic OH excluding ortho intramolecular Hbond substituents is 1. The molecule has 2 aromatic carbocycles. The lowest BCUT2D eigenvalue weighted by molar-refractivity contribution is 0.0474. The summed E-state index contributed by atoms with van der Waals surface area (Å²) in [7, 11) is -3.92. The fourth-order valence-corrected chi connectivity index (χ4v) is 3.95. The van der Waals surface area contributed by atoms with Gasteiger partial charge in [-0.3, -0.25) is 4.79 Å². The Kier molecular flexibility index (Phi) is 3.98. The minimum Gasteiger partial charge on any atom is -0.507 e. The molecule has 1 amide bonds. The molecule has 0 radical (unpaired) electrons. The molecule has 0 saturated carbocycles. The monoisotopic (exact) mass is 347 g/mol. The zero-order valence-electron chi connectivity index (χ0n) is 12.4. The SMILES string of the molecule is O=C(OCCN1C(=O)c2ccccc2S1(=O)=O)c1ccccc1O. The summed E-state index contributed by atoms with van der Waals surface area (Å²) in [5.41, 5.74) is 0.0703. The van der Waals surface area contributed by atoms with E-state index in [-0.39, 0.29) is 34.9 Å². The molecular weight excluding hydrogens is 334 g/mol. The Morgan fingerprint density at radius 2 is 1.75 bits per heavy atom. The van der Waals surface area contributed by atoms with Gasteiger partial charge in [0.15, 0.2) is 0 Å². The summed E-state index contributed by atoms with van der Waals surface area (Å²) < 4.78 is 30.3. The van der Waals surface area contributed by atoms with E-state index in [0.29, 0.717) is 4.31 Å². The fourth-order valence-electron chi connectivity index (χ4n) is 2.40. The van der Waals surface area contributed by atoms with Crippen LogP contribution in [0, 0.1) is 0 Å². The molecule has 24 heavy (non-hydrogen) atoms. The highest BCUT2D eigenvalue weighted by molar-refractivity contribution is 7.90. The number of nitrogens with zero attached hydrogens (tertiary/aromatic N) is 1. The summed E-state index contributed by atoms with van der Waals surface area (Å²) in [4.78, 5) is 24.0. The average molecular weight is 347 g/mol. The van der Waals surface area contributed by atoms with Gasteiger partial charge in [-0.1, -0.05) is 24.3 Å². The third-order valence-corrected chi connectivity index (χ3v) is 5.40. The zero-order valence-corrected chi connectivity index (χ0v) is 13.2. The molecule has 1 aliphatic heterocycles. The van der Waals surface area contributed by atoms with Crippen LogP contribution >= 0.6 is 0 Å². The molecule has 8 heteroatoms. The number of sulfonamides is 1. The smallest absolute Gasteiger partial charge is 0.341 e. The molecule has 7 nitrogen and oxygen atoms in total. The van der Waals surface area contributed by atoms with E-state index >= 15 is 0 Å². The van der Waals surface area contributed by atoms with Gasteiger partial charge < -0.3 is 9.84 Å². The predicted octanol–water partition coefficient (Wildman–Crippen LogP) is 1.39. The van der Waals surface area contributed by atoms with Crippen LogP contribution in [0.4, 0.5) is 0 Å². The van der Waals surface area contributed by atoms with Gasteiger partial charge in [0.2, 0.25) is 0 Å². The topological polar surface area (TPSA) is 101 Å². The average Bonchev–Trinajstić information content (AvgIpc) is 2.76. The van der Waals surface area contributed by atoms with Gasteiger partial charge in [-0.15, -0.1) is 0 Å². The van der Waals surface area contributed by atoms with E-state index in [4.69, 9.17) is 4.74 Å². The van der Waals surface area contributed by atoms with E-state index in [1.165, 1.54) is 30.3 Å². The number of hydrogen-bond acceptors (Lipinski definition) is 6. The Morgan fingerprint density at radius 1 is 1.08 bits per heavy atom. The van der Waals surface area contributed by atoms with Gasteiger partial charge in [-0.25, -0.2) is 17.5 Å². The number of fused-ring (bicyclic) bond motifs is 1. The number of phenols is 1. The molecule has 2 aromatic rings. The van der Waals surface area contributed by atoms with Crippen LogP contribution in [0.2, 0.25) is 0 Å². The van der Waals surface area contributed by atoms with E-state index in [0.717, 1.165) is 0 Å². The molecule has 0 aliphatic carbocycles. The van der Waals surface area contributed by atoms with Gasteiger partial charge in [-0.05, 0) is 24.3 Å². The van der Waals surface area contributed by atoms with E-state index in [2.05, 4.69) is 0 Å². The first-order chi connectivity index (χ1) is 11.4. The summed E-state index contributed by atoms with van der Waals surface area (Å²) in [6.07, 6.45) is 0. The summed E-state index contributed by atoms with van der Waals surface area (Å²) in [6.45, 7) is -0.610. The number of amides is 1. The van der Waals surface area contributed by atoms with Crippen molar-refractivity contribution >= 4 is 21.9 Å². The van der Waals surface area contributed by atoms with Crippen LogP contribution < -0.4 is 0 Å². The lowest BCUT2D eigenvalue weighted by atomic mass is 10.2. The largest absolute Gasteiger partial charge is 0.507 e. The van der Waals surface area contributed by atoms with Crippen LogP contribution in [0.3, 0.4) is 0 Å². The van der Waals surface area contributed by atoms with Crippen molar-refractivity contribution in [2.45, 2.75) is 4.90 Å². The van der Waals surface area contributed by atoms with Crippen LogP contribution in [0.15, 0.2) is 53.4 Å². The molecule has 1 N–H and O–H groups in total. The first-order valence-electron chi connectivity index (χ1n) is 7.04. The van der Waals surface area contributed by atoms with E-state index in [1.807, 2.05) is 0 Å². The normalized spacial score (nSPS) is 15.2. The first-order valence-corrected chi connectivity index (χ1v) is 8.48. The van der Waals surface area contributed by atoms with Crippen LogP contribution in [-0.2, 0) is 14.8 Å². The van der Waals surface area contributed by atoms with E-state index < -0.39 is 21.9 Å². The quantitative estimate of drug-likeness (QED) is 0.839. The molecule has 0 atom stereocenters. The highest BCUT2D eigenvalue weighted by Crippen LogP contribution is 2.29. The van der Waals surface area contributed by atoms with Gasteiger partial charge in [0.1, 0.15) is 22.8 Å². The van der Waals surface area contributed by atoms with Gasteiger partial charge in [0, 0.05) is 0 Å². The third kappa shape index (κ3) is 2.61. The molecular formula is C16H13NO6S. The second-order valence-corrected chi connectivity index (χ2v) is 6.86. The molecule has 0 fully saturated rings. The maximum absolute atomic E-state index is 12.3. The van der Waals surface area contributed by atoms with Crippen molar-refractivity contribution in [2.24, 2.45) is 0 Å². The maximum atomic E-state index is 12.3. The summed E-state index contributed by atoms with van der Waals surface area (Å²) in [6, 6.07) is 11.7. The van der Waals surface area contributed by atoms with E-state index in [1.54, 1.807) is 18.2 Å². The highest BCUT2D eigenvalue weighted by atomic mass is 32.2. The van der Waals surface area contributed by atoms with Gasteiger partial charge in [-0.2, -0.15) is 0 Å². The molecule has 0 unspecified atom stereocenters. The Hall–Kier alpha value is -2.87. The molecule has 124 valence electrons. The summed E-state index contributed by atoms with van der Waals surface area (Å²) >= 11 is 0. The Morgan fingerprint density at radius 3 is 2.46 bits per heavy atom. The molecule has 3 rings (SSSR count). The number of carbonyl (C=O) groups is 2. The van der Waals surface area contributed by atoms with Gasteiger partial charge in [0.05, 0.1) is 12.1 Å². The van der Waals surface area contributed by atoms with Gasteiger partial charge >= 0.3 is 5.97 Å². The Bertz CT molecular complexity index is 922. The first kappa shape index (κ1) is 16.0. The van der Waals surface area contributed by atoms with Crippen LogP contribution in [0.1, 0.15) is 20.7 Å². The molecule has 0 bridgehead atoms. The zero-order chi connectivity index (χ0) is 17.3. The van der Waals surface area contributed by atoms with Crippen molar-refractivity contribution in [3.05, 3.63) is 59.7 Å². The van der Waals surface area contributed by atoms with Crippen molar-refractivity contribution in [1.82, 2.24) is 4.31 Å². The van der Waals surface area contributed by atoms with Crippen LogP contribution in [-0.4, -0.2) is 42.9 Å². The van der Waals surface area contributed by atoms with Crippen molar-refractivity contribution in [2.75, 3.05) is 13.2 Å². The van der Waals surface area contributed by atoms with Crippen molar-refractivity contribution in [1.29, 1.82) is 0 Å². The number of esters is 1. The number of benzene rings is 2. The predicted molar refractivity (Wildman–Crippen MR) is 83.1 cm³/mol. The molecule has 1 aliphatic rings. The molecule has 0 saturated heterocycles. The fraction of sp³-hybridized carbons (Fsp3) is 0.125. The maximum Gasteiger partial charge on any atom is 0.341 e. The second-order valence-electron chi connectivity index (χ2n) is 5.03. The summed E-state index contributed by atoms with van der Waals surface area (Å²) in [5.74, 6) is -1.68. The molecule has 0 spiro atoms. The standard InChI is InChI=1S/C16H13NO6S/c18-13-7-3-1-5-11(13)16(20)23-10-9-17-15(19)12-6-2-4-8-14(12)24(17,21)22/h1-8,18H,9-10H2. The number of aromatic hydroxyl groups is 1. The number of ether oxygens (including phenoxy) is 1. The number of rotatable bonds is 4. The second kappa shape index (κ2) is 5.97. The number of hydrogen-bond donors (Lipinski definition) is 1. The summed E-state index contributed by atoms with van der Waals surface area (Å²) in [5, 5.41) is 9.57. The lowest BCUT2D eigenvalue weighted by Gasteiger charge is -2.15. The Balaban J connectivity index is 1.69. The van der Waals surface area contributed by atoms with Crippen molar-refractivity contribution in [3.63, 3.8) is 0 Å². The molecule has 1 heterocycles. The highest BCUT2D eigenvalue weighted by Gasteiger charge is 2.40. The minimum atomic E-state index is -3.92. The number of carbonyl (C=O) groups excluding carboxylic acids is 2. The third-order valence-electron chi connectivity index (χ3n) is 3.56. The number of para-hydroxylation sites is 1. The van der Waals surface area contributed by atoms with Crippen LogP contribution in [0.25, 0.3) is 0 Å². The lowest BCUT2D eigenvalue weighted by Crippen LogP contribution is -2.33. The van der Waals surface area contributed by atoms with Crippen molar-refractivity contribution in [3.8, 4) is 5.75 Å². The molecule has 0 aromatic heterocycles.